The average Bonchev–Trinajstić information content (AvgIpc) is 2.39. The molecular weight excluding hydrogens is 236 g/mol. The molecule has 1 atom stereocenters. The van der Waals surface area contributed by atoms with E-state index < -0.39 is 11.9 Å². The Balaban J connectivity index is 3.07. The van der Waals surface area contributed by atoms with Crippen LogP contribution in [0.1, 0.15) is 18.4 Å². The molecular formula is C13H18O5. The molecule has 1 aromatic carbocycles. The van der Waals surface area contributed by atoms with Gasteiger partial charge in [0.1, 0.15) is 17.4 Å². The van der Waals surface area contributed by atoms with Crippen molar-refractivity contribution < 1.29 is 24.1 Å². The molecule has 0 aliphatic carbocycles. The largest absolute Gasteiger partial charge is 0.497 e. The van der Waals surface area contributed by atoms with Crippen LogP contribution in [0, 0.1) is 0 Å². The molecule has 0 heterocycles. The van der Waals surface area contributed by atoms with Crippen molar-refractivity contribution >= 4 is 5.97 Å². The third kappa shape index (κ3) is 3.37. The van der Waals surface area contributed by atoms with Crippen LogP contribution in [0.2, 0.25) is 0 Å². The van der Waals surface area contributed by atoms with Crippen LogP contribution in [-0.2, 0) is 9.53 Å². The van der Waals surface area contributed by atoms with Crippen molar-refractivity contribution in [2.45, 2.75) is 12.8 Å². The number of methoxy groups -OCH3 is 2. The Morgan fingerprint density at radius 3 is 2.17 bits per heavy atom. The zero-order valence-corrected chi connectivity index (χ0v) is 10.8. The van der Waals surface area contributed by atoms with E-state index >= 15 is 0 Å². The lowest BCUT2D eigenvalue weighted by Crippen LogP contribution is -2.19. The van der Waals surface area contributed by atoms with Crippen molar-refractivity contribution in [1.29, 1.82) is 0 Å². The highest BCUT2D eigenvalue weighted by molar-refractivity contribution is 5.78. The lowest BCUT2D eigenvalue weighted by molar-refractivity contribution is -0.145. The van der Waals surface area contributed by atoms with E-state index in [-0.39, 0.29) is 13.2 Å². The molecule has 0 saturated heterocycles. The van der Waals surface area contributed by atoms with Crippen molar-refractivity contribution in [3.05, 3.63) is 23.8 Å². The molecule has 0 unspecified atom stereocenters. The smallest absolute Gasteiger partial charge is 0.315 e. The van der Waals surface area contributed by atoms with Crippen LogP contribution in [0.5, 0.6) is 11.5 Å². The predicted octanol–water partition coefficient (Wildman–Crippen LogP) is 1.34. The molecule has 0 aliphatic rings. The van der Waals surface area contributed by atoms with Crippen LogP contribution in [-0.4, -0.2) is 38.5 Å². The van der Waals surface area contributed by atoms with E-state index in [0.717, 1.165) is 0 Å². The Kier molecular flexibility index (Phi) is 5.45. The van der Waals surface area contributed by atoms with Crippen molar-refractivity contribution in [2.24, 2.45) is 0 Å². The number of hydrogen-bond acceptors (Lipinski definition) is 5. The minimum absolute atomic E-state index is 0.274. The van der Waals surface area contributed by atoms with Crippen LogP contribution < -0.4 is 9.47 Å². The third-order valence-electron chi connectivity index (χ3n) is 2.53. The number of aliphatic hydroxyl groups is 1. The molecule has 18 heavy (non-hydrogen) atoms. The molecule has 100 valence electrons. The van der Waals surface area contributed by atoms with Gasteiger partial charge in [-0.05, 0) is 24.6 Å². The number of hydrogen-bond donors (Lipinski definition) is 1. The first-order valence-electron chi connectivity index (χ1n) is 5.66. The third-order valence-corrected chi connectivity index (χ3v) is 2.53. The van der Waals surface area contributed by atoms with Gasteiger partial charge >= 0.3 is 5.97 Å². The molecule has 0 fully saturated rings. The molecule has 0 aliphatic heterocycles. The maximum atomic E-state index is 11.7. The number of esters is 1. The molecule has 1 rings (SSSR count). The predicted molar refractivity (Wildman–Crippen MR) is 66.0 cm³/mol. The maximum Gasteiger partial charge on any atom is 0.315 e. The van der Waals surface area contributed by atoms with E-state index in [4.69, 9.17) is 14.2 Å². The fraction of sp³-hybridized carbons (Fsp3) is 0.462. The van der Waals surface area contributed by atoms with Crippen molar-refractivity contribution in [3.8, 4) is 11.5 Å². The standard InChI is InChI=1S/C13H18O5/c1-4-18-13(15)12(8-14)9-5-10(16-2)7-11(6-9)17-3/h5-7,12,14H,4,8H2,1-3H3/t12-/m1/s1. The summed E-state index contributed by atoms with van der Waals surface area (Å²) in [6.45, 7) is 1.67. The summed E-state index contributed by atoms with van der Waals surface area (Å²) in [6, 6.07) is 5.06. The van der Waals surface area contributed by atoms with Gasteiger partial charge in [-0.1, -0.05) is 0 Å². The summed E-state index contributed by atoms with van der Waals surface area (Å²) in [6.07, 6.45) is 0. The van der Waals surface area contributed by atoms with Crippen molar-refractivity contribution in [3.63, 3.8) is 0 Å². The molecule has 0 bridgehead atoms. The Bertz CT molecular complexity index is 380. The van der Waals surface area contributed by atoms with Crippen LogP contribution in [0.3, 0.4) is 0 Å². The van der Waals surface area contributed by atoms with Gasteiger partial charge in [-0.2, -0.15) is 0 Å². The second kappa shape index (κ2) is 6.86. The summed E-state index contributed by atoms with van der Waals surface area (Å²) in [7, 11) is 3.05. The normalized spacial score (nSPS) is 11.8. The summed E-state index contributed by atoms with van der Waals surface area (Å²) < 4.78 is 15.2. The monoisotopic (exact) mass is 254 g/mol. The minimum Gasteiger partial charge on any atom is -0.497 e. The highest BCUT2D eigenvalue weighted by atomic mass is 16.5. The number of benzene rings is 1. The summed E-state index contributed by atoms with van der Waals surface area (Å²) in [4.78, 5) is 11.7. The van der Waals surface area contributed by atoms with Gasteiger partial charge in [-0.25, -0.2) is 0 Å². The number of aliphatic hydroxyl groups excluding tert-OH is 1. The number of rotatable bonds is 6. The highest BCUT2D eigenvalue weighted by Crippen LogP contribution is 2.28. The quantitative estimate of drug-likeness (QED) is 0.776. The maximum absolute atomic E-state index is 11.7. The van der Waals surface area contributed by atoms with E-state index in [9.17, 15) is 9.90 Å². The summed E-state index contributed by atoms with van der Waals surface area (Å²) >= 11 is 0. The van der Waals surface area contributed by atoms with Crippen LogP contribution in [0.25, 0.3) is 0 Å². The average molecular weight is 254 g/mol. The van der Waals surface area contributed by atoms with E-state index in [1.807, 2.05) is 0 Å². The van der Waals surface area contributed by atoms with Crippen molar-refractivity contribution in [2.75, 3.05) is 27.4 Å². The van der Waals surface area contributed by atoms with Crippen LogP contribution in [0.4, 0.5) is 0 Å². The lowest BCUT2D eigenvalue weighted by Gasteiger charge is -2.15. The van der Waals surface area contributed by atoms with Gasteiger partial charge in [0, 0.05) is 6.07 Å². The zero-order chi connectivity index (χ0) is 13.5. The molecule has 0 spiro atoms. The topological polar surface area (TPSA) is 65.0 Å². The van der Waals surface area contributed by atoms with Gasteiger partial charge in [0.15, 0.2) is 0 Å². The van der Waals surface area contributed by atoms with Crippen LogP contribution in [0.15, 0.2) is 18.2 Å². The highest BCUT2D eigenvalue weighted by Gasteiger charge is 2.22. The van der Waals surface area contributed by atoms with E-state index in [0.29, 0.717) is 17.1 Å². The summed E-state index contributed by atoms with van der Waals surface area (Å²) in [5.74, 6) is -0.0662. The Morgan fingerprint density at radius 2 is 1.78 bits per heavy atom. The molecule has 1 aromatic rings. The minimum atomic E-state index is -0.728. The van der Waals surface area contributed by atoms with Gasteiger partial charge in [-0.3, -0.25) is 4.79 Å². The Labute approximate surface area is 106 Å². The molecule has 5 nitrogen and oxygen atoms in total. The molecule has 0 amide bonds. The van der Waals surface area contributed by atoms with E-state index in [1.165, 1.54) is 14.2 Å². The lowest BCUT2D eigenvalue weighted by atomic mass is 9.99. The SMILES string of the molecule is CCOC(=O)[C@H](CO)c1cc(OC)cc(OC)c1. The molecule has 0 saturated carbocycles. The summed E-state index contributed by atoms with van der Waals surface area (Å²) in [5, 5.41) is 9.32. The van der Waals surface area contributed by atoms with Crippen LogP contribution >= 0.6 is 0 Å². The zero-order valence-electron chi connectivity index (χ0n) is 10.8. The summed E-state index contributed by atoms with van der Waals surface area (Å²) in [5.41, 5.74) is 0.604. The van der Waals surface area contributed by atoms with Crippen molar-refractivity contribution in [1.82, 2.24) is 0 Å². The van der Waals surface area contributed by atoms with Gasteiger partial charge in [0.05, 0.1) is 27.4 Å². The first kappa shape index (κ1) is 14.3. The number of carbonyl (C=O) groups excluding carboxylic acids is 1. The first-order valence-corrected chi connectivity index (χ1v) is 5.66. The number of carbonyl (C=O) groups is 1. The fourth-order valence-electron chi connectivity index (χ4n) is 1.59. The molecule has 0 aromatic heterocycles. The second-order valence-corrected chi connectivity index (χ2v) is 3.63. The molecule has 5 heteroatoms. The van der Waals surface area contributed by atoms with E-state index in [2.05, 4.69) is 0 Å². The van der Waals surface area contributed by atoms with Gasteiger partial charge in [0.2, 0.25) is 0 Å². The fourth-order valence-corrected chi connectivity index (χ4v) is 1.59. The van der Waals surface area contributed by atoms with Gasteiger partial charge in [-0.15, -0.1) is 0 Å². The van der Waals surface area contributed by atoms with Gasteiger partial charge in [0.25, 0.3) is 0 Å². The number of ether oxygens (including phenoxy) is 3. The molecule has 1 N–H and O–H groups in total. The first-order chi connectivity index (χ1) is 8.65. The van der Waals surface area contributed by atoms with Gasteiger partial charge < -0.3 is 19.3 Å². The Morgan fingerprint density at radius 1 is 1.22 bits per heavy atom. The molecule has 0 radical (unpaired) electrons. The Hall–Kier alpha value is -1.75. The second-order valence-electron chi connectivity index (χ2n) is 3.63. The van der Waals surface area contributed by atoms with E-state index in [1.54, 1.807) is 25.1 Å².